The van der Waals surface area contributed by atoms with Crippen LogP contribution >= 0.6 is 0 Å². The van der Waals surface area contributed by atoms with Crippen LogP contribution in [0.3, 0.4) is 0 Å². The first-order valence-corrected chi connectivity index (χ1v) is 7.99. The molecule has 1 amide bonds. The molecule has 0 aromatic heterocycles. The molecule has 25 heavy (non-hydrogen) atoms. The smallest absolute Gasteiger partial charge is 0.479 e. The predicted octanol–water partition coefficient (Wildman–Crippen LogP) is 2.52. The number of carboxylic acids is 1. The molecule has 0 radical (unpaired) electrons. The number of nitrogens with one attached hydrogen (secondary N) is 1. The standard InChI is InChI=1S/C18H21NO6/c1-3-24-17(23)25-14-11-12(2)9-10-18(14,16(21)22)19-15(20)13-7-5-4-6-8-13/h4-9,14H,3,10-11H2,1-2H3,(H,19,20)(H,21,22)/t14-,18+/m0/s1. The molecule has 0 fully saturated rings. The van der Waals surface area contributed by atoms with Gasteiger partial charge in [-0.15, -0.1) is 0 Å². The number of carboxylic acid groups (broad SMARTS) is 1. The number of carbonyl (C=O) groups excluding carboxylic acids is 2. The largest absolute Gasteiger partial charge is 0.508 e. The Morgan fingerprint density at radius 2 is 1.96 bits per heavy atom. The van der Waals surface area contributed by atoms with Gasteiger partial charge in [0.25, 0.3) is 5.91 Å². The van der Waals surface area contributed by atoms with E-state index in [0.29, 0.717) is 5.56 Å². The number of carbonyl (C=O) groups is 3. The number of amides is 1. The van der Waals surface area contributed by atoms with E-state index in [2.05, 4.69) is 5.32 Å². The lowest BCUT2D eigenvalue weighted by atomic mass is 9.79. The monoisotopic (exact) mass is 347 g/mol. The van der Waals surface area contributed by atoms with Gasteiger partial charge < -0.3 is 19.9 Å². The summed E-state index contributed by atoms with van der Waals surface area (Å²) < 4.78 is 9.97. The van der Waals surface area contributed by atoms with Gasteiger partial charge in [0.2, 0.25) is 0 Å². The van der Waals surface area contributed by atoms with E-state index in [0.717, 1.165) is 5.57 Å². The van der Waals surface area contributed by atoms with E-state index < -0.39 is 29.7 Å². The summed E-state index contributed by atoms with van der Waals surface area (Å²) in [4.78, 5) is 36.2. The van der Waals surface area contributed by atoms with Gasteiger partial charge in [-0.1, -0.05) is 29.8 Å². The van der Waals surface area contributed by atoms with Crippen LogP contribution in [0.1, 0.15) is 37.0 Å². The zero-order valence-electron chi connectivity index (χ0n) is 14.2. The van der Waals surface area contributed by atoms with Gasteiger partial charge in [-0.2, -0.15) is 0 Å². The molecular weight excluding hydrogens is 326 g/mol. The SMILES string of the molecule is CCOC(=O)O[C@H]1CC(C)=CC[C@]1(NC(=O)c1ccccc1)C(=O)O. The Bertz CT molecular complexity index is 684. The number of hydrogen-bond acceptors (Lipinski definition) is 5. The zero-order valence-corrected chi connectivity index (χ0v) is 14.2. The number of hydrogen-bond donors (Lipinski definition) is 2. The lowest BCUT2D eigenvalue weighted by Gasteiger charge is -2.39. The minimum Gasteiger partial charge on any atom is -0.479 e. The maximum absolute atomic E-state index is 12.5. The van der Waals surface area contributed by atoms with Crippen LogP contribution in [0.25, 0.3) is 0 Å². The summed E-state index contributed by atoms with van der Waals surface area (Å²) in [6, 6.07) is 8.27. The average molecular weight is 347 g/mol. The molecule has 1 aromatic rings. The van der Waals surface area contributed by atoms with Crippen molar-refractivity contribution in [2.24, 2.45) is 0 Å². The van der Waals surface area contributed by atoms with Gasteiger partial charge in [0.05, 0.1) is 6.61 Å². The van der Waals surface area contributed by atoms with Crippen LogP contribution in [-0.4, -0.2) is 41.4 Å². The average Bonchev–Trinajstić information content (AvgIpc) is 2.58. The molecule has 7 nitrogen and oxygen atoms in total. The first-order chi connectivity index (χ1) is 11.9. The second-order valence-corrected chi connectivity index (χ2v) is 5.84. The molecular formula is C18H21NO6. The van der Waals surface area contributed by atoms with Gasteiger partial charge in [-0.05, 0) is 26.0 Å². The van der Waals surface area contributed by atoms with Crippen molar-refractivity contribution in [3.05, 3.63) is 47.5 Å². The molecule has 0 heterocycles. The van der Waals surface area contributed by atoms with Crippen LogP contribution in [0.5, 0.6) is 0 Å². The van der Waals surface area contributed by atoms with Crippen LogP contribution in [0.15, 0.2) is 42.0 Å². The quantitative estimate of drug-likeness (QED) is 0.627. The third-order valence-electron chi connectivity index (χ3n) is 4.08. The van der Waals surface area contributed by atoms with Gasteiger partial charge in [0, 0.05) is 18.4 Å². The van der Waals surface area contributed by atoms with Gasteiger partial charge in [0.15, 0.2) is 5.54 Å². The Hall–Kier alpha value is -2.83. The Morgan fingerprint density at radius 3 is 2.56 bits per heavy atom. The fraction of sp³-hybridized carbons (Fsp3) is 0.389. The van der Waals surface area contributed by atoms with Crippen molar-refractivity contribution >= 4 is 18.0 Å². The van der Waals surface area contributed by atoms with E-state index in [9.17, 15) is 19.5 Å². The van der Waals surface area contributed by atoms with Crippen LogP contribution < -0.4 is 5.32 Å². The van der Waals surface area contributed by atoms with Crippen molar-refractivity contribution < 1.29 is 29.0 Å². The topological polar surface area (TPSA) is 102 Å². The minimum absolute atomic E-state index is 0.0107. The maximum Gasteiger partial charge on any atom is 0.508 e. The molecule has 0 unspecified atom stereocenters. The predicted molar refractivity (Wildman–Crippen MR) is 89.2 cm³/mol. The van der Waals surface area contributed by atoms with Gasteiger partial charge >= 0.3 is 12.1 Å². The fourth-order valence-electron chi connectivity index (χ4n) is 2.70. The molecule has 0 spiro atoms. The van der Waals surface area contributed by atoms with Gasteiger partial charge in [0.1, 0.15) is 6.10 Å². The summed E-state index contributed by atoms with van der Waals surface area (Å²) in [5.74, 6) is -1.82. The van der Waals surface area contributed by atoms with E-state index in [1.165, 1.54) is 0 Å². The molecule has 1 aliphatic carbocycles. The van der Waals surface area contributed by atoms with E-state index in [-0.39, 0.29) is 19.4 Å². The lowest BCUT2D eigenvalue weighted by molar-refractivity contribution is -0.150. The summed E-state index contributed by atoms with van der Waals surface area (Å²) in [7, 11) is 0. The highest BCUT2D eigenvalue weighted by Crippen LogP contribution is 2.31. The molecule has 0 aliphatic heterocycles. The summed E-state index contributed by atoms with van der Waals surface area (Å²) in [5, 5.41) is 12.4. The highest BCUT2D eigenvalue weighted by molar-refractivity contribution is 5.98. The minimum atomic E-state index is -1.75. The van der Waals surface area contributed by atoms with E-state index in [4.69, 9.17) is 9.47 Å². The molecule has 2 N–H and O–H groups in total. The summed E-state index contributed by atoms with van der Waals surface area (Å²) in [6.45, 7) is 3.54. The van der Waals surface area contributed by atoms with Gasteiger partial charge in [-0.25, -0.2) is 9.59 Å². The van der Waals surface area contributed by atoms with E-state index in [1.54, 1.807) is 43.3 Å². The van der Waals surface area contributed by atoms with E-state index in [1.807, 2.05) is 6.92 Å². The normalized spacial score (nSPS) is 22.5. The summed E-state index contributed by atoms with van der Waals surface area (Å²) >= 11 is 0. The molecule has 0 saturated heterocycles. The first kappa shape index (κ1) is 18.5. The first-order valence-electron chi connectivity index (χ1n) is 7.99. The number of aliphatic carboxylic acids is 1. The van der Waals surface area contributed by atoms with Gasteiger partial charge in [-0.3, -0.25) is 4.79 Å². The lowest BCUT2D eigenvalue weighted by Crippen LogP contribution is -2.64. The zero-order chi connectivity index (χ0) is 18.4. The van der Waals surface area contributed by atoms with Crippen molar-refractivity contribution in [1.29, 1.82) is 0 Å². The van der Waals surface area contributed by atoms with E-state index >= 15 is 0 Å². The summed E-state index contributed by atoms with van der Waals surface area (Å²) in [6.07, 6.45) is -0.0926. The molecule has 0 saturated carbocycles. The molecule has 7 heteroatoms. The molecule has 2 atom stereocenters. The third-order valence-corrected chi connectivity index (χ3v) is 4.08. The number of ether oxygens (including phenoxy) is 2. The van der Waals surface area contributed by atoms with Crippen molar-refractivity contribution in [3.63, 3.8) is 0 Å². The van der Waals surface area contributed by atoms with Crippen molar-refractivity contribution in [2.45, 2.75) is 38.3 Å². The second kappa shape index (κ2) is 7.83. The van der Waals surface area contributed by atoms with Crippen LogP contribution in [0, 0.1) is 0 Å². The highest BCUT2D eigenvalue weighted by Gasteiger charge is 2.51. The second-order valence-electron chi connectivity index (χ2n) is 5.84. The Balaban J connectivity index is 2.31. The molecule has 134 valence electrons. The molecule has 1 aromatic carbocycles. The number of rotatable bonds is 5. The molecule has 0 bridgehead atoms. The maximum atomic E-state index is 12.5. The molecule has 2 rings (SSSR count). The third kappa shape index (κ3) is 4.17. The molecule has 1 aliphatic rings. The Morgan fingerprint density at radius 1 is 1.28 bits per heavy atom. The Labute approximate surface area is 145 Å². The number of benzene rings is 1. The van der Waals surface area contributed by atoms with Crippen molar-refractivity contribution in [1.82, 2.24) is 5.32 Å². The fourth-order valence-corrected chi connectivity index (χ4v) is 2.70. The van der Waals surface area contributed by atoms with Crippen LogP contribution in [0.4, 0.5) is 4.79 Å². The Kier molecular flexibility index (Phi) is 5.80. The summed E-state index contributed by atoms with van der Waals surface area (Å²) in [5.41, 5.74) is -0.552. The van der Waals surface area contributed by atoms with Crippen molar-refractivity contribution in [3.8, 4) is 0 Å². The van der Waals surface area contributed by atoms with Crippen LogP contribution in [0.2, 0.25) is 0 Å². The van der Waals surface area contributed by atoms with Crippen molar-refractivity contribution in [2.75, 3.05) is 6.61 Å². The highest BCUT2D eigenvalue weighted by atomic mass is 16.7. The van der Waals surface area contributed by atoms with Crippen LogP contribution in [-0.2, 0) is 14.3 Å².